The zero-order chi connectivity index (χ0) is 11.4. The van der Waals surface area contributed by atoms with Crippen LogP contribution >= 0.6 is 0 Å². The molecule has 1 N–H and O–H groups in total. The Morgan fingerprint density at radius 3 is 2.88 bits per heavy atom. The lowest BCUT2D eigenvalue weighted by molar-refractivity contribution is 0.303. The number of phenols is 1. The molecule has 0 fully saturated rings. The Labute approximate surface area is 94.3 Å². The van der Waals surface area contributed by atoms with Gasteiger partial charge >= 0.3 is 0 Å². The first kappa shape index (κ1) is 10.5. The van der Waals surface area contributed by atoms with Crippen molar-refractivity contribution in [2.75, 3.05) is 0 Å². The van der Waals surface area contributed by atoms with Crippen LogP contribution < -0.4 is 4.74 Å². The highest BCUT2D eigenvalue weighted by Gasteiger charge is 1.99. The average molecular weight is 215 g/mol. The van der Waals surface area contributed by atoms with Crippen molar-refractivity contribution in [3.8, 4) is 11.5 Å². The Morgan fingerprint density at radius 2 is 2.19 bits per heavy atom. The number of hydrogen-bond acceptors (Lipinski definition) is 3. The Kier molecular flexibility index (Phi) is 3.05. The molecule has 0 bridgehead atoms. The lowest BCUT2D eigenvalue weighted by Gasteiger charge is -2.07. The Bertz CT molecular complexity index is 448. The number of pyridine rings is 1. The molecule has 0 radical (unpaired) electrons. The van der Waals surface area contributed by atoms with E-state index in [4.69, 9.17) is 4.74 Å². The summed E-state index contributed by atoms with van der Waals surface area (Å²) in [5, 5.41) is 9.40. The second-order valence-electron chi connectivity index (χ2n) is 3.65. The number of aromatic nitrogens is 1. The van der Waals surface area contributed by atoms with Gasteiger partial charge in [-0.15, -0.1) is 0 Å². The van der Waals surface area contributed by atoms with E-state index in [0.29, 0.717) is 12.4 Å². The molecule has 0 unspecified atom stereocenters. The average Bonchev–Trinajstić information content (AvgIpc) is 2.27. The molecule has 0 aliphatic heterocycles. The molecular weight excluding hydrogens is 202 g/mol. The fraction of sp³-hybridized carbons (Fsp3) is 0.154. The van der Waals surface area contributed by atoms with Crippen LogP contribution in [0, 0.1) is 6.92 Å². The highest BCUT2D eigenvalue weighted by Crippen LogP contribution is 2.21. The maximum absolute atomic E-state index is 9.40. The van der Waals surface area contributed by atoms with Crippen LogP contribution in [-0.2, 0) is 6.61 Å². The van der Waals surface area contributed by atoms with Crippen LogP contribution in [0.2, 0.25) is 0 Å². The van der Waals surface area contributed by atoms with E-state index >= 15 is 0 Å². The normalized spacial score (nSPS) is 10.1. The third-order valence-corrected chi connectivity index (χ3v) is 2.16. The quantitative estimate of drug-likeness (QED) is 0.855. The summed E-state index contributed by atoms with van der Waals surface area (Å²) >= 11 is 0. The molecule has 82 valence electrons. The summed E-state index contributed by atoms with van der Waals surface area (Å²) in [5.41, 5.74) is 1.98. The monoisotopic (exact) mass is 215 g/mol. The molecular formula is C13H13NO2. The zero-order valence-corrected chi connectivity index (χ0v) is 9.05. The molecule has 0 spiro atoms. The summed E-state index contributed by atoms with van der Waals surface area (Å²) < 4.78 is 5.55. The van der Waals surface area contributed by atoms with E-state index < -0.39 is 0 Å². The van der Waals surface area contributed by atoms with Gasteiger partial charge in [0.15, 0.2) is 0 Å². The van der Waals surface area contributed by atoms with E-state index in [1.807, 2.05) is 25.1 Å². The van der Waals surface area contributed by atoms with Crippen molar-refractivity contribution in [2.24, 2.45) is 0 Å². The van der Waals surface area contributed by atoms with Crippen molar-refractivity contribution < 1.29 is 9.84 Å². The van der Waals surface area contributed by atoms with Gasteiger partial charge in [-0.3, -0.25) is 4.98 Å². The molecule has 2 rings (SSSR count). The molecule has 2 aromatic rings. The van der Waals surface area contributed by atoms with Crippen molar-refractivity contribution in [1.82, 2.24) is 4.98 Å². The number of benzene rings is 1. The minimum atomic E-state index is 0.223. The van der Waals surface area contributed by atoms with Crippen molar-refractivity contribution in [3.05, 3.63) is 53.9 Å². The maximum Gasteiger partial charge on any atom is 0.123 e. The fourth-order valence-electron chi connectivity index (χ4n) is 1.46. The molecule has 0 saturated carbocycles. The van der Waals surface area contributed by atoms with Gasteiger partial charge in [0.2, 0.25) is 0 Å². The predicted octanol–water partition coefficient (Wildman–Crippen LogP) is 2.67. The molecule has 3 nitrogen and oxygen atoms in total. The van der Waals surface area contributed by atoms with Gasteiger partial charge < -0.3 is 9.84 Å². The van der Waals surface area contributed by atoms with Gasteiger partial charge in [0.1, 0.15) is 18.1 Å². The van der Waals surface area contributed by atoms with E-state index in [1.165, 1.54) is 0 Å². The molecule has 0 aliphatic rings. The van der Waals surface area contributed by atoms with Gasteiger partial charge in [0.25, 0.3) is 0 Å². The van der Waals surface area contributed by atoms with Gasteiger partial charge in [0.05, 0.1) is 0 Å². The topological polar surface area (TPSA) is 42.4 Å². The molecule has 1 heterocycles. The summed E-state index contributed by atoms with van der Waals surface area (Å²) in [4.78, 5) is 4.00. The lowest BCUT2D eigenvalue weighted by Crippen LogP contribution is -1.95. The lowest BCUT2D eigenvalue weighted by atomic mass is 10.2. The molecule has 1 aromatic carbocycles. The largest absolute Gasteiger partial charge is 0.508 e. The smallest absolute Gasteiger partial charge is 0.123 e. The molecule has 3 heteroatoms. The zero-order valence-electron chi connectivity index (χ0n) is 9.05. The summed E-state index contributed by atoms with van der Waals surface area (Å²) in [7, 11) is 0. The third-order valence-electron chi connectivity index (χ3n) is 2.16. The van der Waals surface area contributed by atoms with Crippen LogP contribution in [0.1, 0.15) is 11.1 Å². The standard InChI is InChI=1S/C13H13NO2/c1-10-5-12(15)7-13(6-10)16-9-11-3-2-4-14-8-11/h2-8,15H,9H2,1H3. The number of ether oxygens (including phenoxy) is 1. The molecule has 1 aromatic heterocycles. The van der Waals surface area contributed by atoms with Gasteiger partial charge in [-0.05, 0) is 30.7 Å². The third kappa shape index (κ3) is 2.73. The highest BCUT2D eigenvalue weighted by molar-refractivity contribution is 5.36. The van der Waals surface area contributed by atoms with Gasteiger partial charge in [0, 0.05) is 24.0 Å². The van der Waals surface area contributed by atoms with Crippen molar-refractivity contribution in [1.29, 1.82) is 0 Å². The Morgan fingerprint density at radius 1 is 1.31 bits per heavy atom. The van der Waals surface area contributed by atoms with E-state index in [9.17, 15) is 5.11 Å². The number of hydrogen-bond donors (Lipinski definition) is 1. The summed E-state index contributed by atoms with van der Waals surface area (Å²) in [6.45, 7) is 2.37. The summed E-state index contributed by atoms with van der Waals surface area (Å²) in [6, 6.07) is 8.99. The number of aromatic hydroxyl groups is 1. The molecule has 0 saturated heterocycles. The first-order valence-electron chi connectivity index (χ1n) is 5.06. The van der Waals surface area contributed by atoms with Gasteiger partial charge in [-0.2, -0.15) is 0 Å². The Hall–Kier alpha value is -2.03. The van der Waals surface area contributed by atoms with E-state index in [1.54, 1.807) is 24.5 Å². The predicted molar refractivity (Wildman–Crippen MR) is 61.4 cm³/mol. The first-order chi connectivity index (χ1) is 7.74. The SMILES string of the molecule is Cc1cc(O)cc(OCc2cccnc2)c1. The number of phenolic OH excluding ortho intramolecular Hbond substituents is 1. The van der Waals surface area contributed by atoms with Gasteiger partial charge in [-0.25, -0.2) is 0 Å². The van der Waals surface area contributed by atoms with Crippen molar-refractivity contribution in [3.63, 3.8) is 0 Å². The highest BCUT2D eigenvalue weighted by atomic mass is 16.5. The van der Waals surface area contributed by atoms with Crippen LogP contribution in [0.25, 0.3) is 0 Å². The van der Waals surface area contributed by atoms with Crippen molar-refractivity contribution in [2.45, 2.75) is 13.5 Å². The van der Waals surface area contributed by atoms with E-state index in [2.05, 4.69) is 4.98 Å². The van der Waals surface area contributed by atoms with E-state index in [0.717, 1.165) is 11.1 Å². The van der Waals surface area contributed by atoms with Crippen LogP contribution in [-0.4, -0.2) is 10.1 Å². The second-order valence-corrected chi connectivity index (χ2v) is 3.65. The minimum absolute atomic E-state index is 0.223. The number of nitrogens with zero attached hydrogens (tertiary/aromatic N) is 1. The molecule has 16 heavy (non-hydrogen) atoms. The van der Waals surface area contributed by atoms with Crippen molar-refractivity contribution >= 4 is 0 Å². The minimum Gasteiger partial charge on any atom is -0.508 e. The van der Waals surface area contributed by atoms with Crippen LogP contribution in [0.15, 0.2) is 42.7 Å². The van der Waals surface area contributed by atoms with Crippen LogP contribution in [0.3, 0.4) is 0 Å². The fourth-order valence-corrected chi connectivity index (χ4v) is 1.46. The van der Waals surface area contributed by atoms with Crippen LogP contribution in [0.5, 0.6) is 11.5 Å². The summed E-state index contributed by atoms with van der Waals surface area (Å²) in [6.07, 6.45) is 3.48. The first-order valence-corrected chi connectivity index (χ1v) is 5.06. The summed E-state index contributed by atoms with van der Waals surface area (Å²) in [5.74, 6) is 0.891. The Balaban J connectivity index is 2.05. The second kappa shape index (κ2) is 4.66. The number of rotatable bonds is 3. The number of aryl methyl sites for hydroxylation is 1. The molecule has 0 atom stereocenters. The molecule has 0 aliphatic carbocycles. The van der Waals surface area contributed by atoms with E-state index in [-0.39, 0.29) is 5.75 Å². The molecule has 0 amide bonds. The van der Waals surface area contributed by atoms with Crippen LogP contribution in [0.4, 0.5) is 0 Å². The maximum atomic E-state index is 9.40. The van der Waals surface area contributed by atoms with Gasteiger partial charge in [-0.1, -0.05) is 6.07 Å².